The Hall–Kier alpha value is -1.95. The molecule has 0 aromatic rings. The summed E-state index contributed by atoms with van der Waals surface area (Å²) >= 11 is 0. The van der Waals surface area contributed by atoms with Crippen LogP contribution in [0.15, 0.2) is 24.3 Å². The van der Waals surface area contributed by atoms with E-state index in [4.69, 9.17) is 9.47 Å². The van der Waals surface area contributed by atoms with E-state index >= 15 is 0 Å². The summed E-state index contributed by atoms with van der Waals surface area (Å²) in [4.78, 5) is 35.0. The summed E-state index contributed by atoms with van der Waals surface area (Å²) in [6.07, 6.45) is 14.0. The summed E-state index contributed by atoms with van der Waals surface area (Å²) in [5.74, 6) is -0.394. The second-order valence-electron chi connectivity index (χ2n) is 7.81. The largest absolute Gasteiger partial charge is 0.469 e. The number of ether oxygens (including phenoxy) is 3. The number of unbranched alkanes of at least 4 members (excludes halogenated alkanes) is 3. The van der Waals surface area contributed by atoms with Crippen LogP contribution in [0.2, 0.25) is 0 Å². The lowest BCUT2D eigenvalue weighted by Crippen LogP contribution is -2.21. The number of allylic oxidation sites excluding steroid dienone is 2. The van der Waals surface area contributed by atoms with Gasteiger partial charge in [0.25, 0.3) is 0 Å². The van der Waals surface area contributed by atoms with E-state index in [1.165, 1.54) is 14.0 Å². The molecule has 0 unspecified atom stereocenters. The molecule has 1 saturated carbocycles. The molecule has 0 N–H and O–H groups in total. The van der Waals surface area contributed by atoms with Crippen molar-refractivity contribution in [1.29, 1.82) is 0 Å². The molecule has 2 aliphatic rings. The third-order valence-electron chi connectivity index (χ3n) is 5.51. The first kappa shape index (κ1) is 23.3. The number of ketones is 1. The number of fused-ring (bicyclic) bond motifs is 1. The van der Waals surface area contributed by atoms with Crippen molar-refractivity contribution in [2.45, 2.75) is 83.5 Å². The van der Waals surface area contributed by atoms with E-state index in [1.54, 1.807) is 0 Å². The van der Waals surface area contributed by atoms with E-state index in [0.717, 1.165) is 38.5 Å². The van der Waals surface area contributed by atoms with Crippen LogP contribution in [0.3, 0.4) is 0 Å². The Morgan fingerprint density at radius 1 is 1.21 bits per heavy atom. The molecule has 0 spiro atoms. The van der Waals surface area contributed by atoms with E-state index in [9.17, 15) is 14.4 Å². The smallest absolute Gasteiger partial charge is 0.305 e. The van der Waals surface area contributed by atoms with Crippen LogP contribution >= 0.6 is 0 Å². The number of esters is 2. The second-order valence-corrected chi connectivity index (χ2v) is 7.81. The normalized spacial score (nSPS) is 26.7. The zero-order chi connectivity index (χ0) is 21.2. The molecule has 1 aliphatic heterocycles. The SMILES string of the molecule is CCCCC[C@@H](/C=C/[C@H]1[C@@H]2O[C@@H]2C(=O)[C@@H]1C/C=C/CCCC(=O)OC)OC(C)=O. The quantitative estimate of drug-likeness (QED) is 0.199. The van der Waals surface area contributed by atoms with Gasteiger partial charge in [-0.3, -0.25) is 14.4 Å². The standard InChI is InChI=1S/C23H34O6/c1-4-5-8-11-17(28-16(2)24)14-15-19-18(21(26)23-22(19)29-23)12-9-6-7-10-13-20(25)27-3/h6,9,14-15,17-19,22-23H,4-5,7-8,10-13H2,1-3H3/b9-6+,15-14+/t17-,18+,19+,22-,23+/m0/s1. The topological polar surface area (TPSA) is 82.2 Å². The molecule has 162 valence electrons. The van der Waals surface area contributed by atoms with Gasteiger partial charge in [0.15, 0.2) is 5.78 Å². The number of carbonyl (C=O) groups is 3. The highest BCUT2D eigenvalue weighted by atomic mass is 16.6. The minimum Gasteiger partial charge on any atom is -0.469 e. The van der Waals surface area contributed by atoms with Crippen molar-refractivity contribution < 1.29 is 28.6 Å². The van der Waals surface area contributed by atoms with Gasteiger partial charge in [-0.2, -0.15) is 0 Å². The number of hydrogen-bond acceptors (Lipinski definition) is 6. The predicted octanol–water partition coefficient (Wildman–Crippen LogP) is 3.93. The van der Waals surface area contributed by atoms with Crippen LogP contribution in [0, 0.1) is 11.8 Å². The molecule has 29 heavy (non-hydrogen) atoms. The van der Waals surface area contributed by atoms with Crippen LogP contribution in [0.4, 0.5) is 0 Å². The van der Waals surface area contributed by atoms with Crippen molar-refractivity contribution in [2.24, 2.45) is 11.8 Å². The molecule has 1 aliphatic carbocycles. The molecule has 0 bridgehead atoms. The third-order valence-corrected chi connectivity index (χ3v) is 5.51. The Labute approximate surface area is 173 Å². The molecular weight excluding hydrogens is 372 g/mol. The molecule has 5 atom stereocenters. The van der Waals surface area contributed by atoms with Crippen molar-refractivity contribution in [3.8, 4) is 0 Å². The Morgan fingerprint density at radius 2 is 2.00 bits per heavy atom. The minimum absolute atomic E-state index is 0.0245. The van der Waals surface area contributed by atoms with Crippen molar-refractivity contribution in [1.82, 2.24) is 0 Å². The van der Waals surface area contributed by atoms with Gasteiger partial charge in [-0.1, -0.05) is 38.0 Å². The lowest BCUT2D eigenvalue weighted by Gasteiger charge is -2.18. The molecule has 1 heterocycles. The fourth-order valence-corrected chi connectivity index (χ4v) is 3.87. The molecule has 6 nitrogen and oxygen atoms in total. The molecule has 0 radical (unpaired) electrons. The summed E-state index contributed by atoms with van der Waals surface area (Å²) in [5.41, 5.74) is 0. The summed E-state index contributed by atoms with van der Waals surface area (Å²) in [5, 5.41) is 0. The highest BCUT2D eigenvalue weighted by molar-refractivity contribution is 5.92. The van der Waals surface area contributed by atoms with Crippen LogP contribution < -0.4 is 0 Å². The van der Waals surface area contributed by atoms with E-state index in [2.05, 4.69) is 11.7 Å². The fourth-order valence-electron chi connectivity index (χ4n) is 3.87. The van der Waals surface area contributed by atoms with Crippen LogP contribution in [0.25, 0.3) is 0 Å². The van der Waals surface area contributed by atoms with Gasteiger partial charge in [-0.25, -0.2) is 0 Å². The Kier molecular flexibility index (Phi) is 9.58. The molecule has 2 fully saturated rings. The van der Waals surface area contributed by atoms with E-state index < -0.39 is 0 Å². The second kappa shape index (κ2) is 11.9. The molecule has 0 aromatic carbocycles. The molecule has 0 amide bonds. The number of epoxide rings is 1. The zero-order valence-corrected chi connectivity index (χ0v) is 17.8. The summed E-state index contributed by atoms with van der Waals surface area (Å²) in [6, 6.07) is 0. The van der Waals surface area contributed by atoms with Crippen LogP contribution in [-0.2, 0) is 28.6 Å². The predicted molar refractivity (Wildman–Crippen MR) is 109 cm³/mol. The summed E-state index contributed by atoms with van der Waals surface area (Å²) < 4.78 is 15.6. The van der Waals surface area contributed by atoms with Crippen LogP contribution in [-0.4, -0.2) is 43.1 Å². The number of Topliss-reactive ketones (excluding diaryl/α,β-unsaturated/α-hetero) is 1. The van der Waals surface area contributed by atoms with Crippen molar-refractivity contribution in [3.05, 3.63) is 24.3 Å². The van der Waals surface area contributed by atoms with Gasteiger partial charge in [0, 0.05) is 25.2 Å². The average molecular weight is 407 g/mol. The van der Waals surface area contributed by atoms with Gasteiger partial charge >= 0.3 is 11.9 Å². The average Bonchev–Trinajstić information content (AvgIpc) is 3.43. The molecule has 0 aromatic heterocycles. The molecule has 2 rings (SSSR count). The van der Waals surface area contributed by atoms with E-state index in [-0.39, 0.29) is 47.9 Å². The number of carbonyl (C=O) groups excluding carboxylic acids is 3. The number of methoxy groups -OCH3 is 1. The van der Waals surface area contributed by atoms with Gasteiger partial charge < -0.3 is 14.2 Å². The monoisotopic (exact) mass is 406 g/mol. The molecule has 6 heteroatoms. The maximum Gasteiger partial charge on any atom is 0.305 e. The first-order chi connectivity index (χ1) is 14.0. The van der Waals surface area contributed by atoms with Gasteiger partial charge in [-0.05, 0) is 38.2 Å². The number of rotatable bonds is 13. The Bertz CT molecular complexity index is 623. The van der Waals surface area contributed by atoms with Gasteiger partial charge in [0.1, 0.15) is 12.2 Å². The molecular formula is C23H34O6. The van der Waals surface area contributed by atoms with E-state index in [1.807, 2.05) is 24.3 Å². The molecule has 1 saturated heterocycles. The highest BCUT2D eigenvalue weighted by Crippen LogP contribution is 2.46. The van der Waals surface area contributed by atoms with Crippen LogP contribution in [0.1, 0.15) is 65.2 Å². The highest BCUT2D eigenvalue weighted by Gasteiger charge is 2.60. The van der Waals surface area contributed by atoms with Crippen LogP contribution in [0.5, 0.6) is 0 Å². The van der Waals surface area contributed by atoms with Gasteiger partial charge in [-0.15, -0.1) is 0 Å². The maximum absolute atomic E-state index is 12.5. The Balaban J connectivity index is 1.87. The first-order valence-electron chi connectivity index (χ1n) is 10.7. The van der Waals surface area contributed by atoms with E-state index in [0.29, 0.717) is 12.8 Å². The van der Waals surface area contributed by atoms with Crippen molar-refractivity contribution >= 4 is 17.7 Å². The minimum atomic E-state index is -0.286. The summed E-state index contributed by atoms with van der Waals surface area (Å²) in [7, 11) is 1.39. The van der Waals surface area contributed by atoms with Gasteiger partial charge in [0.05, 0.1) is 13.2 Å². The zero-order valence-electron chi connectivity index (χ0n) is 17.8. The Morgan fingerprint density at radius 3 is 2.69 bits per heavy atom. The lowest BCUT2D eigenvalue weighted by molar-refractivity contribution is -0.144. The fraction of sp³-hybridized carbons (Fsp3) is 0.696. The third kappa shape index (κ3) is 7.42. The van der Waals surface area contributed by atoms with Gasteiger partial charge in [0.2, 0.25) is 0 Å². The number of hydrogen-bond donors (Lipinski definition) is 0. The van der Waals surface area contributed by atoms with Crippen molar-refractivity contribution in [2.75, 3.05) is 7.11 Å². The first-order valence-corrected chi connectivity index (χ1v) is 10.7. The van der Waals surface area contributed by atoms with Crippen molar-refractivity contribution in [3.63, 3.8) is 0 Å². The maximum atomic E-state index is 12.5. The summed E-state index contributed by atoms with van der Waals surface area (Å²) in [6.45, 7) is 3.56. The lowest BCUT2D eigenvalue weighted by atomic mass is 9.90.